The second kappa shape index (κ2) is 6.15. The number of likely N-dealkylation sites (tertiary alicyclic amines) is 1. The van der Waals surface area contributed by atoms with E-state index in [2.05, 4.69) is 42.3 Å². The Hall–Kier alpha value is -1.06. The molecule has 0 aliphatic carbocycles. The van der Waals surface area contributed by atoms with Gasteiger partial charge in [-0.1, -0.05) is 12.1 Å². The van der Waals surface area contributed by atoms with Crippen molar-refractivity contribution in [3.63, 3.8) is 0 Å². The summed E-state index contributed by atoms with van der Waals surface area (Å²) in [4.78, 5) is 2.57. The molecule has 0 radical (unpaired) electrons. The molecule has 1 aromatic carbocycles. The molecule has 110 valence electrons. The minimum Gasteiger partial charge on any atom is -0.493 e. The normalized spacial score (nSPS) is 20.1. The van der Waals surface area contributed by atoms with E-state index in [-0.39, 0.29) is 0 Å². The van der Waals surface area contributed by atoms with Gasteiger partial charge in [0, 0.05) is 25.0 Å². The predicted octanol–water partition coefficient (Wildman–Crippen LogP) is 2.58. The molecule has 20 heavy (non-hydrogen) atoms. The van der Waals surface area contributed by atoms with Crippen molar-refractivity contribution in [3.8, 4) is 5.75 Å². The van der Waals surface area contributed by atoms with E-state index >= 15 is 0 Å². The maximum Gasteiger partial charge on any atom is 0.122 e. The number of fused-ring (bicyclic) bond motifs is 1. The van der Waals surface area contributed by atoms with Gasteiger partial charge in [-0.3, -0.25) is 0 Å². The van der Waals surface area contributed by atoms with Crippen molar-refractivity contribution in [2.24, 2.45) is 0 Å². The Morgan fingerprint density at radius 1 is 1.30 bits per heavy atom. The van der Waals surface area contributed by atoms with E-state index in [9.17, 15) is 0 Å². The fourth-order valence-electron chi connectivity index (χ4n) is 3.23. The molecule has 0 unspecified atom stereocenters. The Morgan fingerprint density at radius 2 is 2.10 bits per heavy atom. The van der Waals surface area contributed by atoms with Gasteiger partial charge in [0.2, 0.25) is 0 Å². The zero-order chi connectivity index (χ0) is 13.9. The first-order valence-corrected chi connectivity index (χ1v) is 7.94. The molecule has 1 fully saturated rings. The number of hydrogen-bond acceptors (Lipinski definition) is 3. The summed E-state index contributed by atoms with van der Waals surface area (Å²) >= 11 is 0. The highest BCUT2D eigenvalue weighted by Crippen LogP contribution is 2.26. The van der Waals surface area contributed by atoms with Crippen LogP contribution in [-0.2, 0) is 13.0 Å². The monoisotopic (exact) mass is 274 g/mol. The summed E-state index contributed by atoms with van der Waals surface area (Å²) in [7, 11) is 0. The van der Waals surface area contributed by atoms with Crippen LogP contribution in [0.25, 0.3) is 0 Å². The van der Waals surface area contributed by atoms with Gasteiger partial charge in [-0.15, -0.1) is 0 Å². The van der Waals surface area contributed by atoms with Gasteiger partial charge in [-0.25, -0.2) is 0 Å². The van der Waals surface area contributed by atoms with Crippen molar-refractivity contribution >= 4 is 0 Å². The van der Waals surface area contributed by atoms with Gasteiger partial charge in [-0.2, -0.15) is 0 Å². The van der Waals surface area contributed by atoms with E-state index in [0.29, 0.717) is 12.1 Å². The highest BCUT2D eigenvalue weighted by atomic mass is 16.5. The van der Waals surface area contributed by atoms with E-state index in [1.807, 2.05) is 0 Å². The van der Waals surface area contributed by atoms with Crippen LogP contribution in [0.4, 0.5) is 0 Å². The van der Waals surface area contributed by atoms with Crippen molar-refractivity contribution < 1.29 is 4.74 Å². The largest absolute Gasteiger partial charge is 0.493 e. The van der Waals surface area contributed by atoms with Crippen LogP contribution in [0.2, 0.25) is 0 Å². The van der Waals surface area contributed by atoms with Crippen LogP contribution in [0.3, 0.4) is 0 Å². The SMILES string of the molecule is CC(C)N1CCC(NCc2ccc3c(c2)CCO3)CC1. The fourth-order valence-corrected chi connectivity index (χ4v) is 3.23. The van der Waals surface area contributed by atoms with Gasteiger partial charge in [-0.05, 0) is 57.0 Å². The van der Waals surface area contributed by atoms with Crippen LogP contribution in [0, 0.1) is 0 Å². The summed E-state index contributed by atoms with van der Waals surface area (Å²) < 4.78 is 5.56. The van der Waals surface area contributed by atoms with E-state index in [4.69, 9.17) is 4.74 Å². The molecule has 2 aliphatic heterocycles. The lowest BCUT2D eigenvalue weighted by Gasteiger charge is -2.35. The standard InChI is InChI=1S/C17H26N2O/c1-13(2)19-8-5-16(6-9-19)18-12-14-3-4-17-15(11-14)7-10-20-17/h3-4,11,13,16,18H,5-10,12H2,1-2H3. The fraction of sp³-hybridized carbons (Fsp3) is 0.647. The second-order valence-corrected chi connectivity index (χ2v) is 6.33. The van der Waals surface area contributed by atoms with Crippen LogP contribution >= 0.6 is 0 Å². The highest BCUT2D eigenvalue weighted by molar-refractivity contribution is 5.39. The molecule has 0 bridgehead atoms. The van der Waals surface area contributed by atoms with Crippen molar-refractivity contribution in [1.29, 1.82) is 0 Å². The number of nitrogens with one attached hydrogen (secondary N) is 1. The van der Waals surface area contributed by atoms with Gasteiger partial charge >= 0.3 is 0 Å². The Kier molecular flexibility index (Phi) is 4.27. The number of piperidine rings is 1. The Morgan fingerprint density at radius 3 is 2.85 bits per heavy atom. The number of ether oxygens (including phenoxy) is 1. The van der Waals surface area contributed by atoms with Crippen molar-refractivity contribution in [2.75, 3.05) is 19.7 Å². The van der Waals surface area contributed by atoms with E-state index < -0.39 is 0 Å². The summed E-state index contributed by atoms with van der Waals surface area (Å²) in [6, 6.07) is 7.99. The first kappa shape index (κ1) is 13.9. The van der Waals surface area contributed by atoms with Crippen molar-refractivity contribution in [3.05, 3.63) is 29.3 Å². The molecular formula is C17H26N2O. The summed E-state index contributed by atoms with van der Waals surface area (Å²) in [6.07, 6.45) is 3.61. The van der Waals surface area contributed by atoms with Crippen molar-refractivity contribution in [2.45, 2.75) is 51.7 Å². The molecule has 3 nitrogen and oxygen atoms in total. The Labute approximate surface area is 122 Å². The Bertz CT molecular complexity index is 450. The van der Waals surface area contributed by atoms with Crippen molar-refractivity contribution in [1.82, 2.24) is 10.2 Å². The summed E-state index contributed by atoms with van der Waals surface area (Å²) in [5.41, 5.74) is 2.76. The van der Waals surface area contributed by atoms with Gasteiger partial charge in [0.05, 0.1) is 6.61 Å². The lowest BCUT2D eigenvalue weighted by Crippen LogP contribution is -2.44. The van der Waals surface area contributed by atoms with Crippen LogP contribution < -0.4 is 10.1 Å². The van der Waals surface area contributed by atoms with Crippen LogP contribution in [0.15, 0.2) is 18.2 Å². The molecule has 0 saturated carbocycles. The summed E-state index contributed by atoms with van der Waals surface area (Å²) in [6.45, 7) is 8.88. The third-order valence-corrected chi connectivity index (χ3v) is 4.61. The molecule has 2 heterocycles. The first-order chi connectivity index (χ1) is 9.72. The molecule has 0 atom stereocenters. The highest BCUT2D eigenvalue weighted by Gasteiger charge is 2.20. The number of hydrogen-bond donors (Lipinski definition) is 1. The van der Waals surface area contributed by atoms with Crippen LogP contribution in [0.1, 0.15) is 37.8 Å². The number of rotatable bonds is 4. The topological polar surface area (TPSA) is 24.5 Å². The maximum atomic E-state index is 5.56. The molecular weight excluding hydrogens is 248 g/mol. The lowest BCUT2D eigenvalue weighted by atomic mass is 10.0. The summed E-state index contributed by atoms with van der Waals surface area (Å²) in [5.74, 6) is 1.08. The van der Waals surface area contributed by atoms with Gasteiger partial charge < -0.3 is 15.0 Å². The quantitative estimate of drug-likeness (QED) is 0.913. The van der Waals surface area contributed by atoms with Gasteiger partial charge in [0.25, 0.3) is 0 Å². The molecule has 1 N–H and O–H groups in total. The zero-order valence-corrected chi connectivity index (χ0v) is 12.7. The van der Waals surface area contributed by atoms with Gasteiger partial charge in [0.1, 0.15) is 5.75 Å². The molecule has 0 aromatic heterocycles. The average molecular weight is 274 g/mol. The predicted molar refractivity (Wildman–Crippen MR) is 82.2 cm³/mol. The minimum atomic E-state index is 0.675. The number of nitrogens with zero attached hydrogens (tertiary/aromatic N) is 1. The lowest BCUT2D eigenvalue weighted by molar-refractivity contribution is 0.161. The third kappa shape index (κ3) is 3.15. The maximum absolute atomic E-state index is 5.56. The van der Waals surface area contributed by atoms with E-state index in [0.717, 1.165) is 25.3 Å². The smallest absolute Gasteiger partial charge is 0.122 e. The molecule has 0 spiro atoms. The molecule has 3 heteroatoms. The molecule has 1 aromatic rings. The Balaban J connectivity index is 1.48. The summed E-state index contributed by atoms with van der Waals surface area (Å²) in [5, 5.41) is 3.72. The zero-order valence-electron chi connectivity index (χ0n) is 12.7. The van der Waals surface area contributed by atoms with Gasteiger partial charge in [0.15, 0.2) is 0 Å². The van der Waals surface area contributed by atoms with E-state index in [1.165, 1.54) is 37.1 Å². The molecule has 1 saturated heterocycles. The van der Waals surface area contributed by atoms with Crippen LogP contribution in [0.5, 0.6) is 5.75 Å². The molecule has 2 aliphatic rings. The average Bonchev–Trinajstić information content (AvgIpc) is 2.93. The second-order valence-electron chi connectivity index (χ2n) is 6.33. The van der Waals surface area contributed by atoms with E-state index in [1.54, 1.807) is 0 Å². The molecule has 0 amide bonds. The number of benzene rings is 1. The molecule has 3 rings (SSSR count). The minimum absolute atomic E-state index is 0.675. The first-order valence-electron chi connectivity index (χ1n) is 7.94. The third-order valence-electron chi connectivity index (χ3n) is 4.61. The van der Waals surface area contributed by atoms with Crippen LogP contribution in [-0.4, -0.2) is 36.7 Å².